The van der Waals surface area contributed by atoms with E-state index in [2.05, 4.69) is 0 Å². The third-order valence-corrected chi connectivity index (χ3v) is 3.88. The lowest BCUT2D eigenvalue weighted by Gasteiger charge is -2.09. The van der Waals surface area contributed by atoms with Crippen molar-refractivity contribution < 1.29 is 13.9 Å². The van der Waals surface area contributed by atoms with Crippen LogP contribution < -0.4 is 0 Å². The fraction of sp³-hybridized carbons (Fsp3) is 0.222. The van der Waals surface area contributed by atoms with Gasteiger partial charge in [-0.2, -0.15) is 5.26 Å². The second kappa shape index (κ2) is 8.05. The molecule has 1 atom stereocenters. The number of rotatable bonds is 5. The quantitative estimate of drug-likeness (QED) is 0.399. The van der Waals surface area contributed by atoms with E-state index in [1.54, 1.807) is 37.3 Å². The summed E-state index contributed by atoms with van der Waals surface area (Å²) >= 11 is 12.0. The van der Waals surface area contributed by atoms with Crippen LogP contribution in [0.2, 0.25) is 10.0 Å². The first-order valence-corrected chi connectivity index (χ1v) is 8.08. The van der Waals surface area contributed by atoms with E-state index in [0.717, 1.165) is 0 Å². The zero-order valence-corrected chi connectivity index (χ0v) is 14.7. The summed E-state index contributed by atoms with van der Waals surface area (Å²) in [5.74, 6) is 0.193. The summed E-state index contributed by atoms with van der Waals surface area (Å²) in [6.45, 7) is 3.66. The Kier molecular flexibility index (Phi) is 6.08. The Hall–Kier alpha value is -2.22. The predicted octanol–water partition coefficient (Wildman–Crippen LogP) is 5.50. The van der Waals surface area contributed by atoms with Crippen LogP contribution >= 0.6 is 23.2 Å². The van der Waals surface area contributed by atoms with E-state index >= 15 is 0 Å². The number of ether oxygens (including phenoxy) is 1. The molecule has 2 rings (SSSR count). The number of halogens is 2. The Morgan fingerprint density at radius 3 is 2.75 bits per heavy atom. The van der Waals surface area contributed by atoms with Crippen LogP contribution in [0.5, 0.6) is 0 Å². The zero-order chi connectivity index (χ0) is 17.7. The number of hydrogen-bond donors (Lipinski definition) is 0. The first kappa shape index (κ1) is 18.1. The highest BCUT2D eigenvalue weighted by Crippen LogP contribution is 2.32. The SMILES string of the molecule is CCC(C)OC(=O)/C(C#N)=C/c1ccc(-c2ccc(Cl)cc2Cl)o1. The van der Waals surface area contributed by atoms with Crippen LogP contribution in [-0.4, -0.2) is 12.1 Å². The van der Waals surface area contributed by atoms with E-state index in [1.165, 1.54) is 6.08 Å². The van der Waals surface area contributed by atoms with Crippen molar-refractivity contribution in [3.63, 3.8) is 0 Å². The number of carbonyl (C=O) groups is 1. The molecule has 2 aromatic rings. The molecule has 1 heterocycles. The van der Waals surface area contributed by atoms with Crippen LogP contribution in [0, 0.1) is 11.3 Å². The molecular weight excluding hydrogens is 349 g/mol. The van der Waals surface area contributed by atoms with Gasteiger partial charge in [0.1, 0.15) is 23.2 Å². The van der Waals surface area contributed by atoms with Gasteiger partial charge < -0.3 is 9.15 Å². The van der Waals surface area contributed by atoms with Gasteiger partial charge in [0.2, 0.25) is 0 Å². The number of nitrogens with zero attached hydrogens (tertiary/aromatic N) is 1. The Bertz CT molecular complexity index is 818. The molecule has 0 saturated carbocycles. The Balaban J connectivity index is 2.26. The van der Waals surface area contributed by atoms with E-state index in [-0.39, 0.29) is 11.7 Å². The van der Waals surface area contributed by atoms with Gasteiger partial charge in [-0.15, -0.1) is 0 Å². The van der Waals surface area contributed by atoms with Crippen molar-refractivity contribution in [3.05, 3.63) is 51.7 Å². The molecule has 4 nitrogen and oxygen atoms in total. The second-order valence-corrected chi connectivity index (χ2v) is 5.96. The predicted molar refractivity (Wildman–Crippen MR) is 93.6 cm³/mol. The number of esters is 1. The maximum absolute atomic E-state index is 11.9. The van der Waals surface area contributed by atoms with Crippen molar-refractivity contribution in [1.29, 1.82) is 5.26 Å². The van der Waals surface area contributed by atoms with Crippen LogP contribution in [-0.2, 0) is 9.53 Å². The third-order valence-electron chi connectivity index (χ3n) is 3.33. The van der Waals surface area contributed by atoms with Gasteiger partial charge in [0, 0.05) is 16.7 Å². The summed E-state index contributed by atoms with van der Waals surface area (Å²) in [4.78, 5) is 11.9. The molecule has 0 amide bonds. The monoisotopic (exact) mass is 363 g/mol. The summed E-state index contributed by atoms with van der Waals surface area (Å²) < 4.78 is 10.8. The van der Waals surface area contributed by atoms with Gasteiger partial charge in [-0.1, -0.05) is 30.1 Å². The van der Waals surface area contributed by atoms with Crippen molar-refractivity contribution in [1.82, 2.24) is 0 Å². The molecular formula is C18H15Cl2NO3. The van der Waals surface area contributed by atoms with Crippen molar-refractivity contribution in [2.45, 2.75) is 26.4 Å². The van der Waals surface area contributed by atoms with E-state index in [4.69, 9.17) is 37.6 Å². The molecule has 0 fully saturated rings. The largest absolute Gasteiger partial charge is 0.459 e. The Morgan fingerprint density at radius 2 is 2.12 bits per heavy atom. The lowest BCUT2D eigenvalue weighted by Crippen LogP contribution is -2.15. The summed E-state index contributed by atoms with van der Waals surface area (Å²) in [6.07, 6.45) is 1.76. The topological polar surface area (TPSA) is 63.2 Å². The zero-order valence-electron chi connectivity index (χ0n) is 13.2. The van der Waals surface area contributed by atoms with Crippen molar-refractivity contribution in [3.8, 4) is 17.4 Å². The first-order valence-electron chi connectivity index (χ1n) is 7.32. The average molecular weight is 364 g/mol. The smallest absolute Gasteiger partial charge is 0.349 e. The number of carbonyl (C=O) groups excluding carboxylic acids is 1. The molecule has 0 aliphatic heterocycles. The lowest BCUT2D eigenvalue weighted by molar-refractivity contribution is -0.142. The molecule has 0 spiro atoms. The molecule has 124 valence electrons. The minimum absolute atomic E-state index is 0.126. The highest BCUT2D eigenvalue weighted by molar-refractivity contribution is 6.36. The van der Waals surface area contributed by atoms with E-state index < -0.39 is 5.97 Å². The maximum Gasteiger partial charge on any atom is 0.349 e. The Morgan fingerprint density at radius 1 is 1.38 bits per heavy atom. The average Bonchev–Trinajstić information content (AvgIpc) is 3.00. The van der Waals surface area contributed by atoms with Crippen molar-refractivity contribution >= 4 is 35.2 Å². The highest BCUT2D eigenvalue weighted by Gasteiger charge is 2.15. The summed E-state index contributed by atoms with van der Waals surface area (Å²) in [7, 11) is 0. The molecule has 0 aliphatic rings. The summed E-state index contributed by atoms with van der Waals surface area (Å²) in [5, 5.41) is 10.1. The molecule has 24 heavy (non-hydrogen) atoms. The molecule has 0 N–H and O–H groups in total. The van der Waals surface area contributed by atoms with Gasteiger partial charge >= 0.3 is 5.97 Å². The van der Waals surface area contributed by atoms with E-state index in [9.17, 15) is 4.79 Å². The van der Waals surface area contributed by atoms with Gasteiger partial charge in [0.05, 0.1) is 11.1 Å². The lowest BCUT2D eigenvalue weighted by atomic mass is 10.2. The number of hydrogen-bond acceptors (Lipinski definition) is 4. The van der Waals surface area contributed by atoms with Crippen LogP contribution in [0.15, 0.2) is 40.3 Å². The second-order valence-electron chi connectivity index (χ2n) is 5.12. The van der Waals surface area contributed by atoms with Gasteiger partial charge in [0.25, 0.3) is 0 Å². The van der Waals surface area contributed by atoms with Gasteiger partial charge in [0.15, 0.2) is 0 Å². The first-order chi connectivity index (χ1) is 11.4. The normalized spacial score (nSPS) is 12.5. The van der Waals surface area contributed by atoms with Crippen molar-refractivity contribution in [2.75, 3.05) is 0 Å². The van der Waals surface area contributed by atoms with Crippen LogP contribution in [0.25, 0.3) is 17.4 Å². The highest BCUT2D eigenvalue weighted by atomic mass is 35.5. The fourth-order valence-corrected chi connectivity index (χ4v) is 2.37. The molecule has 0 aliphatic carbocycles. The van der Waals surface area contributed by atoms with Gasteiger partial charge in [-0.05, 0) is 43.7 Å². The maximum atomic E-state index is 11.9. The van der Waals surface area contributed by atoms with Gasteiger partial charge in [-0.25, -0.2) is 4.79 Å². The molecule has 6 heteroatoms. The number of furan rings is 1. The molecule has 0 radical (unpaired) electrons. The van der Waals surface area contributed by atoms with Crippen LogP contribution in [0.4, 0.5) is 0 Å². The standard InChI is InChI=1S/C18H15Cl2NO3/c1-3-11(2)23-18(22)12(10-21)8-14-5-7-17(24-14)15-6-4-13(19)9-16(15)20/h4-9,11H,3H2,1-2H3/b12-8+. The number of benzene rings is 1. The fourth-order valence-electron chi connectivity index (χ4n) is 1.87. The summed E-state index contributed by atoms with van der Waals surface area (Å²) in [5.41, 5.74) is 0.541. The van der Waals surface area contributed by atoms with E-state index in [0.29, 0.717) is 33.6 Å². The molecule has 1 unspecified atom stereocenters. The van der Waals surface area contributed by atoms with Crippen molar-refractivity contribution in [2.24, 2.45) is 0 Å². The van der Waals surface area contributed by atoms with Crippen LogP contribution in [0.3, 0.4) is 0 Å². The summed E-state index contributed by atoms with van der Waals surface area (Å²) in [6, 6.07) is 10.2. The van der Waals surface area contributed by atoms with Crippen LogP contribution in [0.1, 0.15) is 26.0 Å². The molecule has 1 aromatic heterocycles. The molecule has 0 bridgehead atoms. The van der Waals surface area contributed by atoms with E-state index in [1.807, 2.05) is 13.0 Å². The molecule has 1 aromatic carbocycles. The minimum Gasteiger partial charge on any atom is -0.459 e. The molecule has 0 saturated heterocycles. The minimum atomic E-state index is -0.672. The Labute approximate surface area is 150 Å². The third kappa shape index (κ3) is 4.41. The van der Waals surface area contributed by atoms with Gasteiger partial charge in [-0.3, -0.25) is 0 Å². The number of nitriles is 1.